The predicted molar refractivity (Wildman–Crippen MR) is 106 cm³/mol. The maximum atomic E-state index is 12.3. The highest BCUT2D eigenvalue weighted by atomic mass is 35.5. The zero-order chi connectivity index (χ0) is 19.9. The molecule has 138 valence electrons. The van der Waals surface area contributed by atoms with Crippen molar-refractivity contribution in [3.05, 3.63) is 94.3 Å². The normalized spacial score (nSPS) is 10.0. The first-order chi connectivity index (χ1) is 13.6. The van der Waals surface area contributed by atoms with Gasteiger partial charge in [0, 0.05) is 17.4 Å². The number of hydrogen-bond donors (Lipinski definition) is 2. The molecule has 28 heavy (non-hydrogen) atoms. The first-order valence-corrected chi connectivity index (χ1v) is 8.74. The lowest BCUT2D eigenvalue weighted by Gasteiger charge is -2.09. The van der Waals surface area contributed by atoms with Crippen LogP contribution in [0.3, 0.4) is 0 Å². The number of halogens is 1. The van der Waals surface area contributed by atoms with Gasteiger partial charge < -0.3 is 10.6 Å². The van der Waals surface area contributed by atoms with Gasteiger partial charge in [0.05, 0.1) is 34.5 Å². The number of rotatable bonds is 5. The van der Waals surface area contributed by atoms with Crippen LogP contribution in [0, 0.1) is 11.3 Å². The van der Waals surface area contributed by atoms with Crippen molar-refractivity contribution in [1.29, 1.82) is 5.26 Å². The standard InChI is InChI=1S/C21H15ClN4O2/c22-19-11-16(26-20(27)15-6-4-14(12-23)5-7-15)8-9-18(19)21(28)25-13-17-3-1-2-10-24-17/h1-11H,13H2,(H,25,28)(H,26,27). The van der Waals surface area contributed by atoms with Gasteiger partial charge in [0.2, 0.25) is 0 Å². The highest BCUT2D eigenvalue weighted by Crippen LogP contribution is 2.21. The quantitative estimate of drug-likeness (QED) is 0.692. The number of carbonyl (C=O) groups excluding carboxylic acids is 2. The van der Waals surface area contributed by atoms with Gasteiger partial charge in [-0.1, -0.05) is 17.7 Å². The average molecular weight is 391 g/mol. The molecule has 0 saturated carbocycles. The lowest BCUT2D eigenvalue weighted by atomic mass is 10.1. The highest BCUT2D eigenvalue weighted by Gasteiger charge is 2.13. The van der Waals surface area contributed by atoms with Gasteiger partial charge in [-0.25, -0.2) is 0 Å². The Morgan fingerprint density at radius 1 is 1.04 bits per heavy atom. The van der Waals surface area contributed by atoms with Crippen molar-refractivity contribution in [2.24, 2.45) is 0 Å². The summed E-state index contributed by atoms with van der Waals surface area (Å²) in [5.41, 5.74) is 2.38. The Balaban J connectivity index is 1.65. The Morgan fingerprint density at radius 3 is 2.46 bits per heavy atom. The molecular weight excluding hydrogens is 376 g/mol. The lowest BCUT2D eigenvalue weighted by molar-refractivity contribution is 0.0950. The van der Waals surface area contributed by atoms with Gasteiger partial charge in [-0.3, -0.25) is 14.6 Å². The summed E-state index contributed by atoms with van der Waals surface area (Å²) in [5.74, 6) is -0.673. The molecule has 0 aliphatic rings. The van der Waals surface area contributed by atoms with Gasteiger partial charge in [-0.05, 0) is 54.6 Å². The fourth-order valence-electron chi connectivity index (χ4n) is 2.45. The summed E-state index contributed by atoms with van der Waals surface area (Å²) < 4.78 is 0. The molecule has 0 saturated heterocycles. The van der Waals surface area contributed by atoms with E-state index in [1.807, 2.05) is 18.2 Å². The molecule has 6 nitrogen and oxygen atoms in total. The highest BCUT2D eigenvalue weighted by molar-refractivity contribution is 6.34. The summed E-state index contributed by atoms with van der Waals surface area (Å²) in [5, 5.41) is 14.5. The molecular formula is C21H15ClN4O2. The van der Waals surface area contributed by atoms with E-state index in [0.29, 0.717) is 22.4 Å². The van der Waals surface area contributed by atoms with Gasteiger partial charge in [0.1, 0.15) is 0 Å². The van der Waals surface area contributed by atoms with Gasteiger partial charge in [-0.2, -0.15) is 5.26 Å². The molecule has 2 aromatic carbocycles. The Hall–Kier alpha value is -3.69. The van der Waals surface area contributed by atoms with Crippen LogP contribution in [-0.4, -0.2) is 16.8 Å². The van der Waals surface area contributed by atoms with Crippen LogP contribution in [0.5, 0.6) is 0 Å². The van der Waals surface area contributed by atoms with Crippen molar-refractivity contribution in [2.45, 2.75) is 6.54 Å². The van der Waals surface area contributed by atoms with E-state index in [4.69, 9.17) is 16.9 Å². The zero-order valence-corrected chi connectivity index (χ0v) is 15.4. The monoisotopic (exact) mass is 390 g/mol. The molecule has 0 aliphatic carbocycles. The van der Waals surface area contributed by atoms with Gasteiger partial charge in [0.15, 0.2) is 0 Å². The van der Waals surface area contributed by atoms with Crippen LogP contribution in [0.25, 0.3) is 0 Å². The van der Waals surface area contributed by atoms with E-state index in [1.165, 1.54) is 6.07 Å². The minimum absolute atomic E-state index is 0.219. The number of nitriles is 1. The third-order valence-corrected chi connectivity index (χ3v) is 4.22. The molecule has 0 unspecified atom stereocenters. The Kier molecular flexibility index (Phi) is 6.00. The molecule has 2 N–H and O–H groups in total. The molecule has 7 heteroatoms. The Morgan fingerprint density at radius 2 is 1.82 bits per heavy atom. The van der Waals surface area contributed by atoms with Crippen molar-refractivity contribution >= 4 is 29.1 Å². The van der Waals surface area contributed by atoms with Gasteiger partial charge in [-0.15, -0.1) is 0 Å². The number of pyridine rings is 1. The van der Waals surface area contributed by atoms with Crippen molar-refractivity contribution in [2.75, 3.05) is 5.32 Å². The summed E-state index contributed by atoms with van der Waals surface area (Å²) >= 11 is 6.21. The number of amides is 2. The second-order valence-corrected chi connectivity index (χ2v) is 6.25. The molecule has 1 aromatic heterocycles. The molecule has 0 radical (unpaired) electrons. The van der Waals surface area contributed by atoms with Gasteiger partial charge >= 0.3 is 0 Å². The molecule has 3 aromatic rings. The smallest absolute Gasteiger partial charge is 0.255 e. The van der Waals surface area contributed by atoms with Crippen LogP contribution < -0.4 is 10.6 Å². The minimum atomic E-state index is -0.340. The summed E-state index contributed by atoms with van der Waals surface area (Å²) in [4.78, 5) is 28.7. The number of nitrogens with one attached hydrogen (secondary N) is 2. The molecule has 0 fully saturated rings. The molecule has 0 spiro atoms. The van der Waals surface area contributed by atoms with Crippen molar-refractivity contribution < 1.29 is 9.59 Å². The van der Waals surface area contributed by atoms with Crippen LogP contribution in [0.1, 0.15) is 32.0 Å². The van der Waals surface area contributed by atoms with E-state index in [9.17, 15) is 9.59 Å². The SMILES string of the molecule is N#Cc1ccc(C(=O)Nc2ccc(C(=O)NCc3ccccn3)c(Cl)c2)cc1. The van der Waals surface area contributed by atoms with E-state index in [1.54, 1.807) is 48.7 Å². The van der Waals surface area contributed by atoms with Crippen LogP contribution >= 0.6 is 11.6 Å². The number of carbonyl (C=O) groups is 2. The molecule has 0 bridgehead atoms. The Bertz CT molecular complexity index is 1040. The third-order valence-electron chi connectivity index (χ3n) is 3.90. The van der Waals surface area contributed by atoms with E-state index in [2.05, 4.69) is 15.6 Å². The maximum absolute atomic E-state index is 12.3. The van der Waals surface area contributed by atoms with Crippen molar-refractivity contribution in [3.63, 3.8) is 0 Å². The average Bonchev–Trinajstić information content (AvgIpc) is 2.73. The summed E-state index contributed by atoms with van der Waals surface area (Å²) in [6.45, 7) is 0.285. The topological polar surface area (TPSA) is 94.9 Å². The Labute approximate surface area is 166 Å². The second-order valence-electron chi connectivity index (χ2n) is 5.84. The molecule has 1 heterocycles. The lowest BCUT2D eigenvalue weighted by Crippen LogP contribution is -2.23. The van der Waals surface area contributed by atoms with Crippen LogP contribution in [0.15, 0.2) is 66.9 Å². The zero-order valence-electron chi connectivity index (χ0n) is 14.6. The largest absolute Gasteiger partial charge is 0.346 e. The number of anilines is 1. The fourth-order valence-corrected chi connectivity index (χ4v) is 2.71. The van der Waals surface area contributed by atoms with E-state index in [-0.39, 0.29) is 23.4 Å². The molecule has 0 atom stereocenters. The summed E-state index contributed by atoms with van der Waals surface area (Å²) in [6, 6.07) is 18.4. The first-order valence-electron chi connectivity index (χ1n) is 8.36. The van der Waals surface area contributed by atoms with E-state index >= 15 is 0 Å². The number of hydrogen-bond acceptors (Lipinski definition) is 4. The molecule has 3 rings (SSSR count). The minimum Gasteiger partial charge on any atom is -0.346 e. The van der Waals surface area contributed by atoms with Crippen molar-refractivity contribution in [1.82, 2.24) is 10.3 Å². The maximum Gasteiger partial charge on any atom is 0.255 e. The van der Waals surface area contributed by atoms with Crippen LogP contribution in [-0.2, 0) is 6.54 Å². The fraction of sp³-hybridized carbons (Fsp3) is 0.0476. The van der Waals surface area contributed by atoms with Crippen LogP contribution in [0.2, 0.25) is 5.02 Å². The number of aromatic nitrogens is 1. The summed E-state index contributed by atoms with van der Waals surface area (Å²) in [7, 11) is 0. The van der Waals surface area contributed by atoms with Crippen molar-refractivity contribution in [3.8, 4) is 6.07 Å². The molecule has 0 aliphatic heterocycles. The van der Waals surface area contributed by atoms with E-state index < -0.39 is 0 Å². The third kappa shape index (κ3) is 4.72. The second kappa shape index (κ2) is 8.80. The predicted octanol–water partition coefficient (Wildman–Crippen LogP) is 3.79. The summed E-state index contributed by atoms with van der Waals surface area (Å²) in [6.07, 6.45) is 1.65. The number of benzene rings is 2. The van der Waals surface area contributed by atoms with E-state index in [0.717, 1.165) is 5.69 Å². The first kappa shape index (κ1) is 19.1. The molecule has 2 amide bonds. The van der Waals surface area contributed by atoms with Crippen LogP contribution in [0.4, 0.5) is 5.69 Å². The number of nitrogens with zero attached hydrogens (tertiary/aromatic N) is 2. The van der Waals surface area contributed by atoms with Gasteiger partial charge in [0.25, 0.3) is 11.8 Å².